The van der Waals surface area contributed by atoms with Crippen LogP contribution in [0.1, 0.15) is 27.5 Å². The van der Waals surface area contributed by atoms with Crippen molar-refractivity contribution in [2.75, 3.05) is 27.3 Å². The van der Waals surface area contributed by atoms with Gasteiger partial charge in [-0.05, 0) is 35.9 Å². The number of pyridine rings is 1. The highest BCUT2D eigenvalue weighted by Crippen LogP contribution is 2.36. The predicted octanol–water partition coefficient (Wildman–Crippen LogP) is 3.50. The van der Waals surface area contributed by atoms with Gasteiger partial charge in [0.1, 0.15) is 17.2 Å². The van der Waals surface area contributed by atoms with Gasteiger partial charge in [-0.25, -0.2) is 0 Å². The van der Waals surface area contributed by atoms with Gasteiger partial charge < -0.3 is 14.8 Å². The Morgan fingerprint density at radius 2 is 1.84 bits per heavy atom. The lowest BCUT2D eigenvalue weighted by atomic mass is 9.93. The molecule has 1 aliphatic heterocycles. The van der Waals surface area contributed by atoms with Gasteiger partial charge in [0.15, 0.2) is 0 Å². The SMILES string of the molecule is COc1ccc(OC)c([C@@H]2CN(Cc3ccccc3)C[C@H]2NC(=O)c2ccccn2)c1. The summed E-state index contributed by atoms with van der Waals surface area (Å²) in [4.78, 5) is 19.4. The molecule has 6 nitrogen and oxygen atoms in total. The first kappa shape index (κ1) is 20.9. The highest BCUT2D eigenvalue weighted by Gasteiger charge is 2.37. The summed E-state index contributed by atoms with van der Waals surface area (Å²) < 4.78 is 11.1. The van der Waals surface area contributed by atoms with Crippen molar-refractivity contribution in [3.63, 3.8) is 0 Å². The minimum absolute atomic E-state index is 0.0569. The van der Waals surface area contributed by atoms with E-state index in [1.165, 1.54) is 5.56 Å². The maximum atomic E-state index is 12.9. The van der Waals surface area contributed by atoms with E-state index in [1.54, 1.807) is 32.5 Å². The molecule has 1 N–H and O–H groups in total. The van der Waals surface area contributed by atoms with E-state index in [4.69, 9.17) is 9.47 Å². The molecule has 1 aliphatic rings. The first-order valence-corrected chi connectivity index (χ1v) is 10.4. The van der Waals surface area contributed by atoms with E-state index >= 15 is 0 Å². The number of hydrogen-bond donors (Lipinski definition) is 1. The van der Waals surface area contributed by atoms with Crippen LogP contribution >= 0.6 is 0 Å². The summed E-state index contributed by atoms with van der Waals surface area (Å²) in [6, 6.07) is 21.5. The molecule has 3 aromatic rings. The van der Waals surface area contributed by atoms with Gasteiger partial charge in [0.2, 0.25) is 0 Å². The van der Waals surface area contributed by atoms with Crippen LogP contribution in [0.3, 0.4) is 0 Å². The number of ether oxygens (including phenoxy) is 2. The minimum atomic E-state index is -0.168. The van der Waals surface area contributed by atoms with Crippen molar-refractivity contribution >= 4 is 5.91 Å². The molecule has 1 aromatic heterocycles. The minimum Gasteiger partial charge on any atom is -0.497 e. The summed E-state index contributed by atoms with van der Waals surface area (Å²) in [5.41, 5.74) is 2.69. The van der Waals surface area contributed by atoms with Gasteiger partial charge >= 0.3 is 0 Å². The van der Waals surface area contributed by atoms with E-state index in [9.17, 15) is 4.79 Å². The molecular formula is C25H27N3O3. The molecule has 2 atom stereocenters. The van der Waals surface area contributed by atoms with Gasteiger partial charge in [-0.1, -0.05) is 36.4 Å². The van der Waals surface area contributed by atoms with Crippen LogP contribution in [-0.4, -0.2) is 49.1 Å². The molecule has 2 aromatic carbocycles. The summed E-state index contributed by atoms with van der Waals surface area (Å²) in [6.07, 6.45) is 1.63. The summed E-state index contributed by atoms with van der Waals surface area (Å²) in [5, 5.41) is 3.21. The Bertz CT molecular complexity index is 1010. The standard InChI is InChI=1S/C25H27N3O3/c1-30-19-11-12-24(31-2)20(14-19)21-16-28(15-18-8-4-3-5-9-18)17-23(21)27-25(29)22-10-6-7-13-26-22/h3-14,21,23H,15-17H2,1-2H3,(H,27,29)/t21-,23+/m0/s1. The average molecular weight is 418 g/mol. The van der Waals surface area contributed by atoms with Gasteiger partial charge in [0, 0.05) is 37.3 Å². The number of nitrogens with one attached hydrogen (secondary N) is 1. The van der Waals surface area contributed by atoms with Crippen molar-refractivity contribution in [3.05, 3.63) is 89.7 Å². The molecule has 0 radical (unpaired) electrons. The maximum absolute atomic E-state index is 12.9. The second-order valence-electron chi connectivity index (χ2n) is 7.69. The third-order valence-corrected chi connectivity index (χ3v) is 5.69. The van der Waals surface area contributed by atoms with Gasteiger partial charge in [0.25, 0.3) is 5.91 Å². The van der Waals surface area contributed by atoms with Crippen molar-refractivity contribution in [2.24, 2.45) is 0 Å². The van der Waals surface area contributed by atoms with Crippen LogP contribution in [-0.2, 0) is 6.54 Å². The lowest BCUT2D eigenvalue weighted by Gasteiger charge is -2.22. The van der Waals surface area contributed by atoms with Crippen LogP contribution in [0.25, 0.3) is 0 Å². The number of carbonyl (C=O) groups is 1. The van der Waals surface area contributed by atoms with Crippen molar-refractivity contribution in [3.8, 4) is 11.5 Å². The van der Waals surface area contributed by atoms with Crippen molar-refractivity contribution in [1.29, 1.82) is 0 Å². The number of rotatable bonds is 7. The molecule has 0 aliphatic carbocycles. The topological polar surface area (TPSA) is 63.7 Å². The van der Waals surface area contributed by atoms with Gasteiger partial charge in [0.05, 0.1) is 20.3 Å². The van der Waals surface area contributed by atoms with Crippen molar-refractivity contribution < 1.29 is 14.3 Å². The third kappa shape index (κ3) is 4.86. The molecule has 0 unspecified atom stereocenters. The molecule has 160 valence electrons. The normalized spacial score (nSPS) is 18.5. The summed E-state index contributed by atoms with van der Waals surface area (Å²) >= 11 is 0. The maximum Gasteiger partial charge on any atom is 0.270 e. The fourth-order valence-electron chi connectivity index (χ4n) is 4.19. The summed E-state index contributed by atoms with van der Waals surface area (Å²) in [7, 11) is 3.33. The summed E-state index contributed by atoms with van der Waals surface area (Å²) in [6.45, 7) is 2.35. The highest BCUT2D eigenvalue weighted by atomic mass is 16.5. The molecule has 0 saturated carbocycles. The molecule has 1 fully saturated rings. The molecule has 2 heterocycles. The van der Waals surface area contributed by atoms with E-state index < -0.39 is 0 Å². The van der Waals surface area contributed by atoms with Crippen LogP contribution in [0.2, 0.25) is 0 Å². The zero-order chi connectivity index (χ0) is 21.6. The fourth-order valence-corrected chi connectivity index (χ4v) is 4.19. The van der Waals surface area contributed by atoms with E-state index in [1.807, 2.05) is 42.5 Å². The number of nitrogens with zero attached hydrogens (tertiary/aromatic N) is 2. The van der Waals surface area contributed by atoms with Crippen LogP contribution in [0.4, 0.5) is 0 Å². The number of aromatic nitrogens is 1. The van der Waals surface area contributed by atoms with Crippen LogP contribution < -0.4 is 14.8 Å². The Morgan fingerprint density at radius 1 is 1.03 bits per heavy atom. The molecule has 1 saturated heterocycles. The number of hydrogen-bond acceptors (Lipinski definition) is 5. The largest absolute Gasteiger partial charge is 0.497 e. The quantitative estimate of drug-likeness (QED) is 0.638. The van der Waals surface area contributed by atoms with Crippen molar-refractivity contribution in [1.82, 2.24) is 15.2 Å². The number of likely N-dealkylation sites (tertiary alicyclic amines) is 1. The molecule has 6 heteroatoms. The van der Waals surface area contributed by atoms with Crippen molar-refractivity contribution in [2.45, 2.75) is 18.5 Å². The lowest BCUT2D eigenvalue weighted by molar-refractivity contribution is 0.0929. The lowest BCUT2D eigenvalue weighted by Crippen LogP contribution is -2.40. The molecule has 0 bridgehead atoms. The smallest absolute Gasteiger partial charge is 0.270 e. The third-order valence-electron chi connectivity index (χ3n) is 5.69. The zero-order valence-electron chi connectivity index (χ0n) is 17.8. The van der Waals surface area contributed by atoms with E-state index in [2.05, 4.69) is 27.3 Å². The van der Waals surface area contributed by atoms with Crippen LogP contribution in [0.15, 0.2) is 72.9 Å². The monoisotopic (exact) mass is 417 g/mol. The Balaban J connectivity index is 1.62. The van der Waals surface area contributed by atoms with E-state index in [0.29, 0.717) is 5.69 Å². The Kier molecular flexibility index (Phi) is 6.48. The van der Waals surface area contributed by atoms with Crippen LogP contribution in [0, 0.1) is 0 Å². The molecular weight excluding hydrogens is 390 g/mol. The average Bonchev–Trinajstić information content (AvgIpc) is 3.21. The molecule has 4 rings (SSSR count). The van der Waals surface area contributed by atoms with Crippen LogP contribution in [0.5, 0.6) is 11.5 Å². The summed E-state index contributed by atoms with van der Waals surface area (Å²) in [5.74, 6) is 1.46. The Morgan fingerprint density at radius 3 is 2.55 bits per heavy atom. The first-order valence-electron chi connectivity index (χ1n) is 10.4. The number of amides is 1. The molecule has 1 amide bonds. The van der Waals surface area contributed by atoms with E-state index in [-0.39, 0.29) is 17.9 Å². The first-order chi connectivity index (χ1) is 15.2. The highest BCUT2D eigenvalue weighted by molar-refractivity contribution is 5.92. The Labute approximate surface area is 182 Å². The Hall–Kier alpha value is -3.38. The number of benzene rings is 2. The number of methoxy groups -OCH3 is 2. The zero-order valence-corrected chi connectivity index (χ0v) is 17.8. The van der Waals surface area contributed by atoms with Gasteiger partial charge in [-0.2, -0.15) is 0 Å². The second-order valence-corrected chi connectivity index (χ2v) is 7.69. The van der Waals surface area contributed by atoms with Gasteiger partial charge in [-0.3, -0.25) is 14.7 Å². The predicted molar refractivity (Wildman–Crippen MR) is 119 cm³/mol. The molecule has 31 heavy (non-hydrogen) atoms. The van der Waals surface area contributed by atoms with Gasteiger partial charge in [-0.15, -0.1) is 0 Å². The second kappa shape index (κ2) is 9.62. The molecule has 0 spiro atoms. The van der Waals surface area contributed by atoms with E-state index in [0.717, 1.165) is 36.7 Å². The fraction of sp³-hybridized carbons (Fsp3) is 0.280. The number of carbonyl (C=O) groups excluding carboxylic acids is 1.